The van der Waals surface area contributed by atoms with Gasteiger partial charge in [0.2, 0.25) is 0 Å². The fourth-order valence-electron chi connectivity index (χ4n) is 2.52. The fourth-order valence-corrected chi connectivity index (χ4v) is 3.40. The lowest BCUT2D eigenvalue weighted by Crippen LogP contribution is -2.24. The molecule has 21 heavy (non-hydrogen) atoms. The molecule has 2 aromatic heterocycles. The summed E-state index contributed by atoms with van der Waals surface area (Å²) in [5.41, 5.74) is 3.29. The van der Waals surface area contributed by atoms with E-state index >= 15 is 0 Å². The summed E-state index contributed by atoms with van der Waals surface area (Å²) in [6.45, 7) is 4.88. The molecule has 0 fully saturated rings. The Morgan fingerprint density at radius 1 is 1.29 bits per heavy atom. The number of fused-ring (bicyclic) bond motifs is 1. The molecule has 0 unspecified atom stereocenters. The van der Waals surface area contributed by atoms with Gasteiger partial charge < -0.3 is 10.4 Å². The molecular formula is C16H19N3OS. The third kappa shape index (κ3) is 2.85. The minimum Gasteiger partial charge on any atom is -0.394 e. The third-order valence-electron chi connectivity index (χ3n) is 3.64. The van der Waals surface area contributed by atoms with Crippen molar-refractivity contribution in [2.75, 3.05) is 6.61 Å². The number of thiazole rings is 1. The topological polar surface area (TPSA) is 49.6 Å². The molecule has 0 amide bonds. The van der Waals surface area contributed by atoms with E-state index in [0.717, 1.165) is 21.9 Å². The van der Waals surface area contributed by atoms with Crippen LogP contribution in [0.4, 0.5) is 0 Å². The van der Waals surface area contributed by atoms with Crippen molar-refractivity contribution in [3.05, 3.63) is 58.4 Å². The van der Waals surface area contributed by atoms with Crippen LogP contribution in [0.25, 0.3) is 4.96 Å². The molecule has 2 N–H and O–H groups in total. The zero-order chi connectivity index (χ0) is 14.8. The Labute approximate surface area is 128 Å². The lowest BCUT2D eigenvalue weighted by Gasteiger charge is -2.16. The number of nitrogens with one attached hydrogen (secondary N) is 1. The SMILES string of the molecule is Cc1cn2c(CN[C@@H](CO)c3ccccc3)c(C)nc2s1. The number of aliphatic hydroxyl groups is 1. The Kier molecular flexibility index (Phi) is 4.05. The van der Waals surface area contributed by atoms with E-state index in [2.05, 4.69) is 27.8 Å². The Morgan fingerprint density at radius 3 is 2.76 bits per heavy atom. The van der Waals surface area contributed by atoms with Gasteiger partial charge in [-0.2, -0.15) is 0 Å². The predicted octanol–water partition coefficient (Wildman–Crippen LogP) is 2.84. The number of hydrogen-bond acceptors (Lipinski definition) is 4. The standard InChI is InChI=1S/C16H19N3OS/c1-11-9-19-15(12(2)18-16(19)21-11)8-17-14(10-20)13-6-4-3-5-7-13/h3-7,9,14,17,20H,8,10H2,1-2H3/t14-/m0/s1. The number of aromatic nitrogens is 2. The van der Waals surface area contributed by atoms with Crippen LogP contribution >= 0.6 is 11.3 Å². The fraction of sp³-hybridized carbons (Fsp3) is 0.312. The van der Waals surface area contributed by atoms with Crippen molar-refractivity contribution in [3.63, 3.8) is 0 Å². The maximum Gasteiger partial charge on any atom is 0.194 e. The number of nitrogens with zero attached hydrogens (tertiary/aromatic N) is 2. The number of aliphatic hydroxyl groups excluding tert-OH is 1. The largest absolute Gasteiger partial charge is 0.394 e. The number of imidazole rings is 1. The van der Waals surface area contributed by atoms with Gasteiger partial charge in [-0.3, -0.25) is 4.40 Å². The van der Waals surface area contributed by atoms with Crippen LogP contribution in [0.1, 0.15) is 27.9 Å². The van der Waals surface area contributed by atoms with Crippen LogP contribution in [0.15, 0.2) is 36.5 Å². The second-order valence-electron chi connectivity index (χ2n) is 5.17. The average molecular weight is 301 g/mol. The zero-order valence-electron chi connectivity index (χ0n) is 12.2. The van der Waals surface area contributed by atoms with Crippen molar-refractivity contribution in [2.24, 2.45) is 0 Å². The van der Waals surface area contributed by atoms with Gasteiger partial charge in [0.15, 0.2) is 4.96 Å². The quantitative estimate of drug-likeness (QED) is 0.762. The van der Waals surface area contributed by atoms with Crippen LogP contribution in [0.3, 0.4) is 0 Å². The highest BCUT2D eigenvalue weighted by Gasteiger charge is 2.14. The van der Waals surface area contributed by atoms with Gasteiger partial charge in [0.25, 0.3) is 0 Å². The molecule has 0 bridgehead atoms. The molecule has 110 valence electrons. The molecule has 3 rings (SSSR count). The van der Waals surface area contributed by atoms with E-state index < -0.39 is 0 Å². The molecule has 0 saturated carbocycles. The summed E-state index contributed by atoms with van der Waals surface area (Å²) in [6.07, 6.45) is 2.12. The highest BCUT2D eigenvalue weighted by Crippen LogP contribution is 2.21. The first kappa shape index (κ1) is 14.3. The van der Waals surface area contributed by atoms with Crippen LogP contribution in [0.5, 0.6) is 0 Å². The summed E-state index contributed by atoms with van der Waals surface area (Å²) in [5, 5.41) is 13.0. The first-order valence-corrected chi connectivity index (χ1v) is 7.84. The third-order valence-corrected chi connectivity index (χ3v) is 4.54. The molecule has 2 heterocycles. The Bertz CT molecular complexity index is 733. The lowest BCUT2D eigenvalue weighted by atomic mass is 10.1. The summed E-state index contributed by atoms with van der Waals surface area (Å²) in [6, 6.07) is 9.96. The maximum atomic E-state index is 9.61. The van der Waals surface area contributed by atoms with Gasteiger partial charge in [0, 0.05) is 17.6 Å². The van der Waals surface area contributed by atoms with Crippen LogP contribution in [-0.2, 0) is 6.54 Å². The molecule has 0 radical (unpaired) electrons. The first-order chi connectivity index (χ1) is 10.2. The van der Waals surface area contributed by atoms with E-state index in [4.69, 9.17) is 0 Å². The number of aryl methyl sites for hydroxylation is 2. The Balaban J connectivity index is 1.80. The van der Waals surface area contributed by atoms with E-state index in [9.17, 15) is 5.11 Å². The smallest absolute Gasteiger partial charge is 0.194 e. The summed E-state index contributed by atoms with van der Waals surface area (Å²) in [5.74, 6) is 0. The van der Waals surface area contributed by atoms with Gasteiger partial charge in [0.1, 0.15) is 0 Å². The Morgan fingerprint density at radius 2 is 2.05 bits per heavy atom. The van der Waals surface area contributed by atoms with E-state index in [1.807, 2.05) is 37.3 Å². The van der Waals surface area contributed by atoms with Crippen LogP contribution in [0, 0.1) is 13.8 Å². The zero-order valence-corrected chi connectivity index (χ0v) is 13.0. The van der Waals surface area contributed by atoms with E-state index in [-0.39, 0.29) is 12.6 Å². The van der Waals surface area contributed by atoms with Gasteiger partial charge in [-0.25, -0.2) is 4.98 Å². The average Bonchev–Trinajstić information content (AvgIpc) is 2.97. The summed E-state index contributed by atoms with van der Waals surface area (Å²) in [7, 11) is 0. The predicted molar refractivity (Wildman–Crippen MR) is 85.7 cm³/mol. The second-order valence-corrected chi connectivity index (χ2v) is 6.38. The molecule has 5 heteroatoms. The Hall–Kier alpha value is -1.69. The molecule has 3 aromatic rings. The molecule has 1 aromatic carbocycles. The normalized spacial score (nSPS) is 12.9. The first-order valence-electron chi connectivity index (χ1n) is 7.02. The number of rotatable bonds is 5. The van der Waals surface area contributed by atoms with Gasteiger partial charge in [0.05, 0.1) is 24.0 Å². The van der Waals surface area contributed by atoms with Crippen molar-refractivity contribution in [1.82, 2.24) is 14.7 Å². The highest BCUT2D eigenvalue weighted by atomic mass is 32.1. The van der Waals surface area contributed by atoms with E-state index in [1.54, 1.807) is 11.3 Å². The highest BCUT2D eigenvalue weighted by molar-refractivity contribution is 7.17. The molecule has 0 aliphatic heterocycles. The lowest BCUT2D eigenvalue weighted by molar-refractivity contribution is 0.243. The maximum absolute atomic E-state index is 9.61. The van der Waals surface area contributed by atoms with Crippen LogP contribution in [-0.4, -0.2) is 21.1 Å². The van der Waals surface area contributed by atoms with Crippen LogP contribution < -0.4 is 5.32 Å². The molecule has 1 atom stereocenters. The second kappa shape index (κ2) is 5.97. The molecule has 0 saturated heterocycles. The van der Waals surface area contributed by atoms with Gasteiger partial charge in [-0.15, -0.1) is 11.3 Å². The van der Waals surface area contributed by atoms with Crippen molar-refractivity contribution in [2.45, 2.75) is 26.4 Å². The van der Waals surface area contributed by atoms with E-state index in [1.165, 1.54) is 4.88 Å². The summed E-state index contributed by atoms with van der Waals surface area (Å²) < 4.78 is 2.14. The monoisotopic (exact) mass is 301 g/mol. The molecule has 0 spiro atoms. The summed E-state index contributed by atoms with van der Waals surface area (Å²) in [4.78, 5) is 6.87. The van der Waals surface area contributed by atoms with E-state index in [0.29, 0.717) is 6.54 Å². The van der Waals surface area contributed by atoms with Crippen molar-refractivity contribution >= 4 is 16.3 Å². The van der Waals surface area contributed by atoms with Crippen molar-refractivity contribution in [1.29, 1.82) is 0 Å². The van der Waals surface area contributed by atoms with Gasteiger partial charge in [-0.05, 0) is 19.4 Å². The van der Waals surface area contributed by atoms with Gasteiger partial charge >= 0.3 is 0 Å². The van der Waals surface area contributed by atoms with Crippen molar-refractivity contribution in [3.8, 4) is 0 Å². The van der Waals surface area contributed by atoms with Gasteiger partial charge in [-0.1, -0.05) is 30.3 Å². The molecule has 0 aliphatic rings. The minimum absolute atomic E-state index is 0.0594. The molecular weight excluding hydrogens is 282 g/mol. The number of benzene rings is 1. The van der Waals surface area contributed by atoms with Crippen LogP contribution in [0.2, 0.25) is 0 Å². The minimum atomic E-state index is -0.0594. The number of hydrogen-bond donors (Lipinski definition) is 2. The van der Waals surface area contributed by atoms with Crippen molar-refractivity contribution < 1.29 is 5.11 Å². The molecule has 4 nitrogen and oxygen atoms in total. The summed E-state index contributed by atoms with van der Waals surface area (Å²) >= 11 is 1.70. The molecule has 0 aliphatic carbocycles.